The van der Waals surface area contributed by atoms with Gasteiger partial charge in [-0.05, 0) is 0 Å². The van der Waals surface area contributed by atoms with Gasteiger partial charge in [-0.1, -0.05) is 32.3 Å². The number of hydrogen-bond donors (Lipinski definition) is 0. The number of carbonyl (C=O) groups excluding carboxylic acids is 2. The van der Waals surface area contributed by atoms with Crippen LogP contribution in [0.5, 0.6) is 0 Å². The van der Waals surface area contributed by atoms with Crippen LogP contribution in [0.4, 0.5) is 0 Å². The Bertz CT molecular complexity index is 282. The van der Waals surface area contributed by atoms with Gasteiger partial charge >= 0.3 is 5.97 Å². The van der Waals surface area contributed by atoms with Crippen LogP contribution in [-0.4, -0.2) is 53.1 Å². The van der Waals surface area contributed by atoms with Crippen LogP contribution in [0, 0.1) is 0 Å². The molecule has 0 heterocycles. The molecule has 8 heteroatoms. The normalized spacial score (nSPS) is 13.1. The minimum Gasteiger partial charge on any atom is -0.616 e. The Labute approximate surface area is 105 Å². The van der Waals surface area contributed by atoms with Gasteiger partial charge in [0.25, 0.3) is 0 Å². The summed E-state index contributed by atoms with van der Waals surface area (Å²) in [6.07, 6.45) is 1.49. The second-order valence-corrected chi connectivity index (χ2v) is 4.71. The SMILES string of the molecule is CON=C(C(=O)CBr)C(=O)OCC[S+](C)[O-]. The molecule has 0 aromatic rings. The molecule has 1 atom stereocenters. The maximum Gasteiger partial charge on any atom is 0.364 e. The molecular weight excluding hydrogens is 302 g/mol. The standard InChI is InChI=1S/C8H12BrNO5S/c1-14-10-7(6(11)5-9)8(12)15-3-4-16(2)13/h3-5H2,1-2H3. The fourth-order valence-electron chi connectivity index (χ4n) is 0.677. The second-order valence-electron chi connectivity index (χ2n) is 2.59. The van der Waals surface area contributed by atoms with Gasteiger partial charge in [-0.3, -0.25) is 4.79 Å². The van der Waals surface area contributed by atoms with Crippen molar-refractivity contribution in [2.24, 2.45) is 5.16 Å². The van der Waals surface area contributed by atoms with Crippen LogP contribution >= 0.6 is 15.9 Å². The van der Waals surface area contributed by atoms with Crippen LogP contribution in [0.3, 0.4) is 0 Å². The molecule has 0 saturated carbocycles. The average Bonchev–Trinajstić information content (AvgIpc) is 2.24. The van der Waals surface area contributed by atoms with Gasteiger partial charge in [0.1, 0.15) is 19.5 Å². The first-order chi connectivity index (χ1) is 7.52. The molecule has 0 rings (SSSR count). The zero-order valence-corrected chi connectivity index (χ0v) is 11.3. The number of ketones is 1. The van der Waals surface area contributed by atoms with E-state index in [0.29, 0.717) is 0 Å². The van der Waals surface area contributed by atoms with E-state index >= 15 is 0 Å². The van der Waals surface area contributed by atoms with E-state index in [0.717, 1.165) is 0 Å². The lowest BCUT2D eigenvalue weighted by molar-refractivity contribution is -0.135. The molecule has 0 radical (unpaired) electrons. The van der Waals surface area contributed by atoms with Crippen molar-refractivity contribution in [3.05, 3.63) is 0 Å². The Morgan fingerprint density at radius 1 is 1.50 bits per heavy atom. The van der Waals surface area contributed by atoms with Crippen LogP contribution in [0.2, 0.25) is 0 Å². The third-order valence-corrected chi connectivity index (χ3v) is 2.62. The van der Waals surface area contributed by atoms with Crippen molar-refractivity contribution in [3.8, 4) is 0 Å². The van der Waals surface area contributed by atoms with Crippen molar-refractivity contribution >= 4 is 44.6 Å². The quantitative estimate of drug-likeness (QED) is 0.163. The highest BCUT2D eigenvalue weighted by Gasteiger charge is 2.22. The van der Waals surface area contributed by atoms with Gasteiger partial charge in [-0.2, -0.15) is 0 Å². The Balaban J connectivity index is 4.30. The largest absolute Gasteiger partial charge is 0.616 e. The fourth-order valence-corrected chi connectivity index (χ4v) is 1.26. The van der Waals surface area contributed by atoms with Crippen LogP contribution in [0.15, 0.2) is 5.16 Å². The van der Waals surface area contributed by atoms with Crippen LogP contribution in [0.1, 0.15) is 0 Å². The van der Waals surface area contributed by atoms with Crippen LogP contribution in [-0.2, 0) is 30.3 Å². The maximum atomic E-state index is 11.3. The monoisotopic (exact) mass is 313 g/mol. The Morgan fingerprint density at radius 2 is 2.12 bits per heavy atom. The lowest BCUT2D eigenvalue weighted by Gasteiger charge is -2.06. The molecule has 0 amide bonds. The molecule has 1 unspecified atom stereocenters. The molecule has 0 bridgehead atoms. The molecule has 0 aliphatic carbocycles. The molecule has 0 saturated heterocycles. The molecule has 0 aromatic heterocycles. The predicted octanol–water partition coefficient (Wildman–Crippen LogP) is -0.125. The lowest BCUT2D eigenvalue weighted by atomic mass is 10.3. The Kier molecular flexibility index (Phi) is 8.22. The molecule has 16 heavy (non-hydrogen) atoms. The number of alkyl halides is 1. The van der Waals surface area contributed by atoms with Crippen LogP contribution < -0.4 is 0 Å². The predicted molar refractivity (Wildman–Crippen MR) is 63.1 cm³/mol. The molecule has 0 aliphatic heterocycles. The van der Waals surface area contributed by atoms with Crippen molar-refractivity contribution in [2.75, 3.05) is 31.1 Å². The van der Waals surface area contributed by atoms with Crippen molar-refractivity contribution in [3.63, 3.8) is 0 Å². The smallest absolute Gasteiger partial charge is 0.364 e. The number of halogens is 1. The lowest BCUT2D eigenvalue weighted by Crippen LogP contribution is -2.29. The zero-order chi connectivity index (χ0) is 12.6. The summed E-state index contributed by atoms with van der Waals surface area (Å²) in [5, 5.41) is 3.23. The summed E-state index contributed by atoms with van der Waals surface area (Å²) in [6, 6.07) is 0. The van der Waals surface area contributed by atoms with E-state index in [2.05, 4.69) is 25.9 Å². The number of rotatable bonds is 7. The van der Waals surface area contributed by atoms with Crippen molar-refractivity contribution in [1.82, 2.24) is 0 Å². The third-order valence-electron chi connectivity index (χ3n) is 1.37. The first-order valence-electron chi connectivity index (χ1n) is 4.20. The minimum atomic E-state index is -1.05. The summed E-state index contributed by atoms with van der Waals surface area (Å²) in [5.41, 5.74) is -0.415. The van der Waals surface area contributed by atoms with Gasteiger partial charge < -0.3 is 14.1 Å². The Morgan fingerprint density at radius 3 is 2.56 bits per heavy atom. The highest BCUT2D eigenvalue weighted by atomic mass is 79.9. The van der Waals surface area contributed by atoms with E-state index in [1.54, 1.807) is 0 Å². The topological polar surface area (TPSA) is 88.0 Å². The first kappa shape index (κ1) is 15.4. The number of esters is 1. The Hall–Kier alpha value is -0.600. The second kappa shape index (κ2) is 8.54. The van der Waals surface area contributed by atoms with Gasteiger partial charge in [-0.25, -0.2) is 4.79 Å². The summed E-state index contributed by atoms with van der Waals surface area (Å²) in [5.74, 6) is -1.20. The number of oxime groups is 1. The van der Waals surface area contributed by atoms with Gasteiger partial charge in [0.15, 0.2) is 0 Å². The number of ether oxygens (including phenoxy) is 1. The fraction of sp³-hybridized carbons (Fsp3) is 0.625. The number of carbonyl (C=O) groups is 2. The number of nitrogens with zero attached hydrogens (tertiary/aromatic N) is 1. The molecule has 0 spiro atoms. The average molecular weight is 314 g/mol. The minimum absolute atomic E-state index is 0.0275. The van der Waals surface area contributed by atoms with E-state index in [-0.39, 0.29) is 17.7 Å². The van der Waals surface area contributed by atoms with Gasteiger partial charge in [0.05, 0.1) is 11.6 Å². The summed E-state index contributed by atoms with van der Waals surface area (Å²) < 4.78 is 15.4. The summed E-state index contributed by atoms with van der Waals surface area (Å²) >= 11 is 1.85. The van der Waals surface area contributed by atoms with E-state index < -0.39 is 28.6 Å². The maximum absolute atomic E-state index is 11.3. The molecule has 6 nitrogen and oxygen atoms in total. The summed E-state index contributed by atoms with van der Waals surface area (Å²) in [4.78, 5) is 26.9. The molecular formula is C8H12BrNO5S. The van der Waals surface area contributed by atoms with E-state index in [1.165, 1.54) is 13.4 Å². The third kappa shape index (κ3) is 6.09. The molecule has 0 N–H and O–H groups in total. The van der Waals surface area contributed by atoms with Gasteiger partial charge in [0, 0.05) is 0 Å². The number of Topliss-reactive ketones (excluding diaryl/α,β-unsaturated/α-hetero) is 1. The van der Waals surface area contributed by atoms with Crippen LogP contribution in [0.25, 0.3) is 0 Å². The first-order valence-corrected chi connectivity index (χ1v) is 7.05. The highest BCUT2D eigenvalue weighted by Crippen LogP contribution is 1.94. The van der Waals surface area contributed by atoms with E-state index in [9.17, 15) is 14.1 Å². The summed E-state index contributed by atoms with van der Waals surface area (Å²) in [6.45, 7) is -0.0275. The zero-order valence-electron chi connectivity index (χ0n) is 8.90. The number of hydrogen-bond acceptors (Lipinski definition) is 6. The van der Waals surface area contributed by atoms with Crippen molar-refractivity contribution < 1.29 is 23.7 Å². The van der Waals surface area contributed by atoms with E-state index in [1.807, 2.05) is 0 Å². The summed E-state index contributed by atoms with van der Waals surface area (Å²) in [7, 11) is 1.22. The molecule has 0 aliphatic rings. The van der Waals surface area contributed by atoms with E-state index in [4.69, 9.17) is 4.74 Å². The van der Waals surface area contributed by atoms with Gasteiger partial charge in [0.2, 0.25) is 11.5 Å². The molecule has 0 fully saturated rings. The van der Waals surface area contributed by atoms with Crippen molar-refractivity contribution in [2.45, 2.75) is 0 Å². The molecule has 0 aromatic carbocycles. The molecule has 92 valence electrons. The van der Waals surface area contributed by atoms with Gasteiger partial charge in [-0.15, -0.1) is 0 Å². The van der Waals surface area contributed by atoms with Crippen molar-refractivity contribution in [1.29, 1.82) is 0 Å². The highest BCUT2D eigenvalue weighted by molar-refractivity contribution is 9.09.